The highest BCUT2D eigenvalue weighted by Crippen LogP contribution is 2.21. The fourth-order valence-corrected chi connectivity index (χ4v) is 3.93. The molecule has 128 valence electrons. The number of hydrogen-bond donors (Lipinski definition) is 1. The zero-order valence-corrected chi connectivity index (χ0v) is 14.6. The molecule has 3 rings (SSSR count). The van der Waals surface area contributed by atoms with E-state index in [1.54, 1.807) is 0 Å². The summed E-state index contributed by atoms with van der Waals surface area (Å²) in [5.74, 6) is 0. The van der Waals surface area contributed by atoms with Gasteiger partial charge in [0.2, 0.25) is 0 Å². The van der Waals surface area contributed by atoms with Crippen LogP contribution in [0.1, 0.15) is 36.2 Å². The number of nitrogens with one attached hydrogen (secondary N) is 1. The van der Waals surface area contributed by atoms with E-state index in [2.05, 4.69) is 22.2 Å². The van der Waals surface area contributed by atoms with Crippen molar-refractivity contribution in [3.05, 3.63) is 17.0 Å². The van der Waals surface area contributed by atoms with E-state index in [1.165, 1.54) is 37.1 Å². The molecular weight excluding hydrogens is 290 g/mol. The van der Waals surface area contributed by atoms with Gasteiger partial charge in [0.1, 0.15) is 0 Å². The van der Waals surface area contributed by atoms with Gasteiger partial charge in [-0.3, -0.25) is 9.58 Å². The minimum absolute atomic E-state index is 0.0921. The highest BCUT2D eigenvalue weighted by atomic mass is 16.2. The fourth-order valence-electron chi connectivity index (χ4n) is 3.93. The molecule has 0 radical (unpaired) electrons. The molecule has 0 aliphatic carbocycles. The molecule has 23 heavy (non-hydrogen) atoms. The van der Waals surface area contributed by atoms with Crippen molar-refractivity contribution in [3.63, 3.8) is 0 Å². The third kappa shape index (κ3) is 3.52. The van der Waals surface area contributed by atoms with Crippen molar-refractivity contribution in [2.45, 2.75) is 45.6 Å². The van der Waals surface area contributed by atoms with E-state index < -0.39 is 0 Å². The van der Waals surface area contributed by atoms with Gasteiger partial charge in [-0.25, -0.2) is 4.79 Å². The summed E-state index contributed by atoms with van der Waals surface area (Å²) in [6, 6.07) is 0.667. The Kier molecular flexibility index (Phi) is 4.90. The first-order chi connectivity index (χ1) is 11.1. The monoisotopic (exact) mass is 319 g/mol. The number of aromatic nitrogens is 2. The first kappa shape index (κ1) is 16.3. The molecule has 3 heterocycles. The summed E-state index contributed by atoms with van der Waals surface area (Å²) in [5.41, 5.74) is 3.51. The van der Waals surface area contributed by atoms with E-state index in [-0.39, 0.29) is 6.03 Å². The molecule has 0 spiro atoms. The van der Waals surface area contributed by atoms with Crippen LogP contribution >= 0.6 is 0 Å². The molecule has 6 heteroatoms. The van der Waals surface area contributed by atoms with Crippen LogP contribution in [0.5, 0.6) is 0 Å². The van der Waals surface area contributed by atoms with Crippen LogP contribution in [0.3, 0.4) is 0 Å². The number of carbonyl (C=O) groups is 1. The summed E-state index contributed by atoms with van der Waals surface area (Å²) in [6.45, 7) is 8.77. The molecule has 1 atom stereocenters. The van der Waals surface area contributed by atoms with Gasteiger partial charge in [-0.15, -0.1) is 0 Å². The highest BCUT2D eigenvalue weighted by Gasteiger charge is 2.30. The Hall–Kier alpha value is -1.56. The van der Waals surface area contributed by atoms with Crippen LogP contribution in [0.4, 0.5) is 4.79 Å². The van der Waals surface area contributed by atoms with Crippen LogP contribution in [0.15, 0.2) is 0 Å². The molecule has 1 aromatic heterocycles. The number of urea groups is 1. The number of piperazine rings is 1. The second kappa shape index (κ2) is 6.91. The summed E-state index contributed by atoms with van der Waals surface area (Å²) in [5, 5.41) is 7.52. The predicted octanol–water partition coefficient (Wildman–Crippen LogP) is 1.46. The van der Waals surface area contributed by atoms with E-state index in [4.69, 9.17) is 0 Å². The van der Waals surface area contributed by atoms with E-state index in [0.29, 0.717) is 12.6 Å². The summed E-state index contributed by atoms with van der Waals surface area (Å²) in [4.78, 5) is 17.0. The van der Waals surface area contributed by atoms with Crippen molar-refractivity contribution in [1.82, 2.24) is 24.9 Å². The first-order valence-corrected chi connectivity index (χ1v) is 8.82. The van der Waals surface area contributed by atoms with Gasteiger partial charge in [-0.2, -0.15) is 5.10 Å². The van der Waals surface area contributed by atoms with Gasteiger partial charge in [0.15, 0.2) is 0 Å². The van der Waals surface area contributed by atoms with Gasteiger partial charge < -0.3 is 10.2 Å². The second-order valence-electron chi connectivity index (χ2n) is 6.89. The number of amides is 2. The minimum atomic E-state index is 0.0921. The number of carbonyl (C=O) groups excluding carboxylic acids is 1. The Bertz CT molecular complexity index is 568. The zero-order chi connectivity index (χ0) is 16.4. The van der Waals surface area contributed by atoms with Gasteiger partial charge in [0.25, 0.3) is 0 Å². The molecule has 2 aliphatic heterocycles. The molecule has 2 amide bonds. The smallest absolute Gasteiger partial charge is 0.317 e. The molecule has 6 nitrogen and oxygen atoms in total. The Morgan fingerprint density at radius 1 is 1.26 bits per heavy atom. The lowest BCUT2D eigenvalue weighted by molar-refractivity contribution is 0.0644. The number of piperidine rings is 1. The standard InChI is InChI=1S/C17H29N5O/c1-13-16(14(2)20(3)19-13)7-8-18-17(23)22-11-10-21-9-5-4-6-15(21)12-22/h15H,4-12H2,1-3H3,(H,18,23). The number of nitrogens with zero attached hydrogens (tertiary/aromatic N) is 4. The van der Waals surface area contributed by atoms with Gasteiger partial charge in [-0.05, 0) is 45.2 Å². The molecule has 1 N–H and O–H groups in total. The van der Waals surface area contributed by atoms with Crippen molar-refractivity contribution in [2.24, 2.45) is 7.05 Å². The van der Waals surface area contributed by atoms with Crippen molar-refractivity contribution < 1.29 is 4.79 Å². The SMILES string of the molecule is Cc1nn(C)c(C)c1CCNC(=O)N1CCN2CCCCC2C1. The third-order valence-electron chi connectivity index (χ3n) is 5.43. The van der Waals surface area contributed by atoms with Crippen molar-refractivity contribution in [3.8, 4) is 0 Å². The van der Waals surface area contributed by atoms with Crippen molar-refractivity contribution in [2.75, 3.05) is 32.7 Å². The summed E-state index contributed by atoms with van der Waals surface area (Å²) in [7, 11) is 1.97. The molecule has 2 aliphatic rings. The number of fused-ring (bicyclic) bond motifs is 1. The first-order valence-electron chi connectivity index (χ1n) is 8.82. The van der Waals surface area contributed by atoms with E-state index in [0.717, 1.165) is 31.7 Å². The Balaban J connectivity index is 1.48. The average Bonchev–Trinajstić information content (AvgIpc) is 2.80. The van der Waals surface area contributed by atoms with Crippen LogP contribution in [0.2, 0.25) is 0 Å². The Labute approximate surface area is 138 Å². The summed E-state index contributed by atoms with van der Waals surface area (Å²) in [6.07, 6.45) is 4.70. The maximum absolute atomic E-state index is 12.4. The predicted molar refractivity (Wildman–Crippen MR) is 90.6 cm³/mol. The van der Waals surface area contributed by atoms with Crippen LogP contribution < -0.4 is 5.32 Å². The molecule has 2 fully saturated rings. The number of aryl methyl sites for hydroxylation is 2. The Morgan fingerprint density at radius 2 is 2.09 bits per heavy atom. The number of hydrogen-bond acceptors (Lipinski definition) is 3. The van der Waals surface area contributed by atoms with E-state index in [9.17, 15) is 4.79 Å². The summed E-state index contributed by atoms with van der Waals surface area (Å²) < 4.78 is 1.91. The van der Waals surface area contributed by atoms with Gasteiger partial charge in [0.05, 0.1) is 5.69 Å². The topological polar surface area (TPSA) is 53.4 Å². The lowest BCUT2D eigenvalue weighted by Gasteiger charge is -2.43. The van der Waals surface area contributed by atoms with Gasteiger partial charge >= 0.3 is 6.03 Å². The van der Waals surface area contributed by atoms with Crippen LogP contribution in [-0.4, -0.2) is 64.4 Å². The lowest BCUT2D eigenvalue weighted by Crippen LogP contribution is -2.58. The Morgan fingerprint density at radius 3 is 2.83 bits per heavy atom. The van der Waals surface area contributed by atoms with Crippen LogP contribution in [0.25, 0.3) is 0 Å². The maximum Gasteiger partial charge on any atom is 0.317 e. The molecule has 0 saturated carbocycles. The van der Waals surface area contributed by atoms with Gasteiger partial charge in [-0.1, -0.05) is 6.42 Å². The molecule has 0 bridgehead atoms. The van der Waals surface area contributed by atoms with Crippen LogP contribution in [-0.2, 0) is 13.5 Å². The zero-order valence-electron chi connectivity index (χ0n) is 14.6. The van der Waals surface area contributed by atoms with Gasteiger partial charge in [0, 0.05) is 45.0 Å². The summed E-state index contributed by atoms with van der Waals surface area (Å²) >= 11 is 0. The number of rotatable bonds is 3. The average molecular weight is 319 g/mol. The molecule has 0 aromatic carbocycles. The van der Waals surface area contributed by atoms with E-state index in [1.807, 2.05) is 23.6 Å². The van der Waals surface area contributed by atoms with Crippen molar-refractivity contribution >= 4 is 6.03 Å². The molecule has 1 unspecified atom stereocenters. The molecule has 2 saturated heterocycles. The minimum Gasteiger partial charge on any atom is -0.338 e. The maximum atomic E-state index is 12.4. The fraction of sp³-hybridized carbons (Fsp3) is 0.765. The molecular formula is C17H29N5O. The quantitative estimate of drug-likeness (QED) is 0.918. The molecule has 1 aromatic rings. The second-order valence-corrected chi connectivity index (χ2v) is 6.89. The lowest BCUT2D eigenvalue weighted by atomic mass is 10.00. The van der Waals surface area contributed by atoms with E-state index >= 15 is 0 Å². The third-order valence-corrected chi connectivity index (χ3v) is 5.43. The largest absolute Gasteiger partial charge is 0.338 e. The highest BCUT2D eigenvalue weighted by molar-refractivity contribution is 5.74. The van der Waals surface area contributed by atoms with Crippen LogP contribution in [0, 0.1) is 13.8 Å². The normalized spacial score (nSPS) is 22.0. The van der Waals surface area contributed by atoms with Crippen molar-refractivity contribution in [1.29, 1.82) is 0 Å².